The van der Waals surface area contributed by atoms with Crippen molar-refractivity contribution in [2.24, 2.45) is 13.0 Å². The first kappa shape index (κ1) is 13.1. The number of hydrogen-bond acceptors (Lipinski definition) is 4. The van der Waals surface area contributed by atoms with E-state index in [2.05, 4.69) is 46.0 Å². The van der Waals surface area contributed by atoms with Gasteiger partial charge in [0, 0.05) is 24.3 Å². The molecule has 20 heavy (non-hydrogen) atoms. The maximum Gasteiger partial charge on any atom is 0.181 e. The molecule has 0 unspecified atom stereocenters. The molecule has 1 heterocycles. The van der Waals surface area contributed by atoms with E-state index in [1.807, 2.05) is 13.1 Å². The number of nitrogens with zero attached hydrogens (tertiary/aromatic N) is 4. The second kappa shape index (κ2) is 5.61. The summed E-state index contributed by atoms with van der Waals surface area (Å²) in [5.41, 5.74) is 2.21. The third-order valence-electron chi connectivity index (χ3n) is 4.13. The molecule has 1 fully saturated rings. The van der Waals surface area contributed by atoms with Gasteiger partial charge in [-0.3, -0.25) is 0 Å². The van der Waals surface area contributed by atoms with Gasteiger partial charge in [0.25, 0.3) is 0 Å². The lowest BCUT2D eigenvalue weighted by molar-refractivity contribution is 0.361. The molecule has 5 nitrogen and oxygen atoms in total. The molecule has 0 aliphatic heterocycles. The summed E-state index contributed by atoms with van der Waals surface area (Å²) in [5, 5.41) is 15.3. The maximum atomic E-state index is 4.06. The van der Waals surface area contributed by atoms with Gasteiger partial charge in [-0.1, -0.05) is 19.1 Å². The Hall–Kier alpha value is -1.91. The second-order valence-corrected chi connectivity index (χ2v) is 5.81. The SMILES string of the molecule is CC1CCC(Nc2cccc(-c3nnnn3C)c2)CC1. The van der Waals surface area contributed by atoms with Crippen LogP contribution in [-0.4, -0.2) is 26.2 Å². The molecule has 1 aromatic carbocycles. The van der Waals surface area contributed by atoms with Crippen molar-refractivity contribution >= 4 is 5.69 Å². The van der Waals surface area contributed by atoms with Crippen molar-refractivity contribution in [3.63, 3.8) is 0 Å². The summed E-state index contributed by atoms with van der Waals surface area (Å²) in [6.45, 7) is 2.35. The van der Waals surface area contributed by atoms with Crippen LogP contribution < -0.4 is 5.32 Å². The van der Waals surface area contributed by atoms with Crippen LogP contribution in [0.2, 0.25) is 0 Å². The standard InChI is InChI=1S/C15H21N5/c1-11-6-8-13(9-7-11)16-14-5-3-4-12(10-14)15-17-18-19-20(15)2/h3-5,10-11,13,16H,6-9H2,1-2H3. The number of aromatic nitrogens is 4. The van der Waals surface area contributed by atoms with Crippen molar-refractivity contribution in [2.45, 2.75) is 38.6 Å². The average Bonchev–Trinajstić information content (AvgIpc) is 2.88. The van der Waals surface area contributed by atoms with Crippen molar-refractivity contribution < 1.29 is 0 Å². The van der Waals surface area contributed by atoms with E-state index in [4.69, 9.17) is 0 Å². The summed E-state index contributed by atoms with van der Waals surface area (Å²) >= 11 is 0. The molecule has 0 atom stereocenters. The molecular formula is C15H21N5. The monoisotopic (exact) mass is 271 g/mol. The van der Waals surface area contributed by atoms with E-state index >= 15 is 0 Å². The van der Waals surface area contributed by atoms with Crippen LogP contribution in [0.4, 0.5) is 5.69 Å². The third kappa shape index (κ3) is 2.81. The molecule has 3 rings (SSSR count). The first-order valence-electron chi connectivity index (χ1n) is 7.31. The highest BCUT2D eigenvalue weighted by molar-refractivity contribution is 5.62. The number of hydrogen-bond donors (Lipinski definition) is 1. The fourth-order valence-corrected chi connectivity index (χ4v) is 2.86. The Balaban J connectivity index is 1.73. The first-order valence-corrected chi connectivity index (χ1v) is 7.31. The molecule has 5 heteroatoms. The topological polar surface area (TPSA) is 55.6 Å². The van der Waals surface area contributed by atoms with Crippen LogP contribution in [0.15, 0.2) is 24.3 Å². The molecule has 2 aromatic rings. The Kier molecular flexibility index (Phi) is 3.67. The van der Waals surface area contributed by atoms with E-state index in [0.29, 0.717) is 6.04 Å². The predicted molar refractivity (Wildman–Crippen MR) is 79.3 cm³/mol. The Labute approximate surface area is 119 Å². The number of rotatable bonds is 3. The van der Waals surface area contributed by atoms with Crippen molar-refractivity contribution in [1.82, 2.24) is 20.2 Å². The molecule has 0 radical (unpaired) electrons. The summed E-state index contributed by atoms with van der Waals surface area (Å²) in [7, 11) is 1.86. The second-order valence-electron chi connectivity index (χ2n) is 5.81. The van der Waals surface area contributed by atoms with Gasteiger partial charge in [0.2, 0.25) is 0 Å². The van der Waals surface area contributed by atoms with Gasteiger partial charge in [0.1, 0.15) is 0 Å². The zero-order valence-corrected chi connectivity index (χ0v) is 12.1. The number of benzene rings is 1. The van der Waals surface area contributed by atoms with Gasteiger partial charge in [-0.05, 0) is 54.2 Å². The molecule has 1 saturated carbocycles. The number of anilines is 1. The fourth-order valence-electron chi connectivity index (χ4n) is 2.86. The Morgan fingerprint density at radius 3 is 2.70 bits per heavy atom. The number of aryl methyl sites for hydroxylation is 1. The highest BCUT2D eigenvalue weighted by Gasteiger charge is 2.18. The van der Waals surface area contributed by atoms with E-state index in [1.54, 1.807) is 4.68 Å². The van der Waals surface area contributed by atoms with Gasteiger partial charge in [-0.2, -0.15) is 0 Å². The molecule has 0 bridgehead atoms. The molecule has 0 spiro atoms. The number of tetrazole rings is 1. The lowest BCUT2D eigenvalue weighted by Crippen LogP contribution is -2.25. The Bertz CT molecular complexity index is 569. The number of nitrogens with one attached hydrogen (secondary N) is 1. The fraction of sp³-hybridized carbons (Fsp3) is 0.533. The lowest BCUT2D eigenvalue weighted by Gasteiger charge is -2.27. The molecular weight excluding hydrogens is 250 g/mol. The maximum absolute atomic E-state index is 4.06. The zero-order valence-electron chi connectivity index (χ0n) is 12.1. The van der Waals surface area contributed by atoms with Gasteiger partial charge >= 0.3 is 0 Å². The van der Waals surface area contributed by atoms with E-state index in [-0.39, 0.29) is 0 Å². The molecule has 1 N–H and O–H groups in total. The predicted octanol–water partition coefficient (Wildman–Crippen LogP) is 2.87. The normalized spacial score (nSPS) is 22.7. The summed E-state index contributed by atoms with van der Waals surface area (Å²) in [6.07, 6.45) is 5.17. The smallest absolute Gasteiger partial charge is 0.181 e. The third-order valence-corrected chi connectivity index (χ3v) is 4.13. The minimum atomic E-state index is 0.596. The lowest BCUT2D eigenvalue weighted by atomic mass is 9.87. The minimum absolute atomic E-state index is 0.596. The van der Waals surface area contributed by atoms with Gasteiger partial charge in [0.05, 0.1) is 0 Å². The van der Waals surface area contributed by atoms with E-state index < -0.39 is 0 Å². The van der Waals surface area contributed by atoms with Crippen LogP contribution >= 0.6 is 0 Å². The highest BCUT2D eigenvalue weighted by Crippen LogP contribution is 2.27. The van der Waals surface area contributed by atoms with Gasteiger partial charge in [0.15, 0.2) is 5.82 Å². The molecule has 1 aliphatic carbocycles. The van der Waals surface area contributed by atoms with Crippen LogP contribution in [0.5, 0.6) is 0 Å². The van der Waals surface area contributed by atoms with Crippen molar-refractivity contribution in [3.05, 3.63) is 24.3 Å². The van der Waals surface area contributed by atoms with Crippen molar-refractivity contribution in [2.75, 3.05) is 5.32 Å². The summed E-state index contributed by atoms with van der Waals surface area (Å²) in [5.74, 6) is 1.68. The Morgan fingerprint density at radius 2 is 2.00 bits per heavy atom. The van der Waals surface area contributed by atoms with Crippen molar-refractivity contribution in [3.8, 4) is 11.4 Å². The van der Waals surface area contributed by atoms with Crippen LogP contribution in [-0.2, 0) is 7.05 Å². The van der Waals surface area contributed by atoms with Crippen LogP contribution in [0.1, 0.15) is 32.6 Å². The summed E-state index contributed by atoms with van der Waals surface area (Å²) < 4.78 is 1.70. The van der Waals surface area contributed by atoms with E-state index in [0.717, 1.165) is 23.0 Å². The largest absolute Gasteiger partial charge is 0.382 e. The van der Waals surface area contributed by atoms with E-state index in [9.17, 15) is 0 Å². The molecule has 106 valence electrons. The van der Waals surface area contributed by atoms with E-state index in [1.165, 1.54) is 25.7 Å². The minimum Gasteiger partial charge on any atom is -0.382 e. The van der Waals surface area contributed by atoms with Crippen LogP contribution in [0.3, 0.4) is 0 Å². The summed E-state index contributed by atoms with van der Waals surface area (Å²) in [6, 6.07) is 8.94. The molecule has 0 amide bonds. The zero-order chi connectivity index (χ0) is 13.9. The summed E-state index contributed by atoms with van der Waals surface area (Å²) in [4.78, 5) is 0. The molecule has 1 aliphatic rings. The van der Waals surface area contributed by atoms with Gasteiger partial charge < -0.3 is 5.32 Å². The highest BCUT2D eigenvalue weighted by atomic mass is 15.5. The van der Waals surface area contributed by atoms with Crippen molar-refractivity contribution in [1.29, 1.82) is 0 Å². The van der Waals surface area contributed by atoms with Gasteiger partial charge in [-0.25, -0.2) is 4.68 Å². The molecule has 0 saturated heterocycles. The van der Waals surface area contributed by atoms with Crippen LogP contribution in [0.25, 0.3) is 11.4 Å². The Morgan fingerprint density at radius 1 is 1.20 bits per heavy atom. The van der Waals surface area contributed by atoms with Crippen LogP contribution in [0, 0.1) is 5.92 Å². The average molecular weight is 271 g/mol. The molecule has 1 aromatic heterocycles. The van der Waals surface area contributed by atoms with Gasteiger partial charge in [-0.15, -0.1) is 5.10 Å². The quantitative estimate of drug-likeness (QED) is 0.932. The first-order chi connectivity index (χ1) is 9.72.